The lowest BCUT2D eigenvalue weighted by Gasteiger charge is -1.95. The van der Waals surface area contributed by atoms with E-state index in [-0.39, 0.29) is 0 Å². The molecule has 3 nitrogen and oxygen atoms in total. The molecule has 0 aliphatic heterocycles. The molecule has 0 spiro atoms. The summed E-state index contributed by atoms with van der Waals surface area (Å²) in [5.74, 6) is 0.485. The van der Waals surface area contributed by atoms with Gasteiger partial charge in [-0.2, -0.15) is 5.10 Å². The quantitative estimate of drug-likeness (QED) is 0.737. The number of aryl methyl sites for hydroxylation is 1. The molecule has 0 aromatic carbocycles. The maximum Gasteiger partial charge on any atom is 0.212 e. The van der Waals surface area contributed by atoms with Crippen molar-refractivity contribution in [2.45, 2.75) is 33.1 Å². The van der Waals surface area contributed by atoms with Crippen molar-refractivity contribution in [2.75, 3.05) is 0 Å². The van der Waals surface area contributed by atoms with Crippen molar-refractivity contribution in [3.8, 4) is 0 Å². The van der Waals surface area contributed by atoms with E-state index in [1.807, 2.05) is 10.7 Å². The highest BCUT2D eigenvalue weighted by Gasteiger charge is 2.08. The van der Waals surface area contributed by atoms with E-state index in [1.165, 1.54) is 0 Å². The molecule has 0 unspecified atom stereocenters. The Morgan fingerprint density at radius 3 is 2.85 bits per heavy atom. The molecular formula is C9H13N3S. The van der Waals surface area contributed by atoms with Gasteiger partial charge in [-0.1, -0.05) is 32.1 Å². The van der Waals surface area contributed by atoms with Crippen molar-refractivity contribution < 1.29 is 0 Å². The van der Waals surface area contributed by atoms with Crippen LogP contribution in [0.5, 0.6) is 0 Å². The van der Waals surface area contributed by atoms with Gasteiger partial charge in [-0.15, -0.1) is 0 Å². The fraction of sp³-hybridized carbons (Fsp3) is 0.556. The van der Waals surface area contributed by atoms with Crippen molar-refractivity contribution >= 4 is 16.3 Å². The van der Waals surface area contributed by atoms with Crippen LogP contribution in [0.3, 0.4) is 0 Å². The van der Waals surface area contributed by atoms with Gasteiger partial charge in [0.15, 0.2) is 0 Å². The Kier molecular flexibility index (Phi) is 2.07. The van der Waals surface area contributed by atoms with Gasteiger partial charge in [0.1, 0.15) is 5.01 Å². The Morgan fingerprint density at radius 1 is 1.54 bits per heavy atom. The second kappa shape index (κ2) is 3.10. The number of fused-ring (bicyclic) bond motifs is 1. The van der Waals surface area contributed by atoms with Crippen molar-refractivity contribution in [1.29, 1.82) is 0 Å². The highest BCUT2D eigenvalue weighted by atomic mass is 32.1. The minimum Gasteiger partial charge on any atom is -0.222 e. The zero-order valence-corrected chi connectivity index (χ0v) is 8.93. The molecule has 2 aromatic heterocycles. The van der Waals surface area contributed by atoms with E-state index in [4.69, 9.17) is 0 Å². The number of hydrogen-bond acceptors (Lipinski definition) is 3. The fourth-order valence-electron chi connectivity index (χ4n) is 1.18. The van der Waals surface area contributed by atoms with Gasteiger partial charge >= 0.3 is 0 Å². The van der Waals surface area contributed by atoms with Crippen LogP contribution in [-0.2, 0) is 6.42 Å². The monoisotopic (exact) mass is 195 g/mol. The predicted molar refractivity (Wildman–Crippen MR) is 54.3 cm³/mol. The normalized spacial score (nSPS) is 11.7. The first-order valence-electron chi connectivity index (χ1n) is 4.55. The van der Waals surface area contributed by atoms with Gasteiger partial charge in [0.25, 0.3) is 0 Å². The zero-order valence-electron chi connectivity index (χ0n) is 8.11. The fourth-order valence-corrected chi connectivity index (χ4v) is 2.00. The number of nitrogens with zero attached hydrogens (tertiary/aromatic N) is 3. The van der Waals surface area contributed by atoms with Crippen LogP contribution in [0.4, 0.5) is 0 Å². The molecule has 0 radical (unpaired) electrons. The third-order valence-electron chi connectivity index (χ3n) is 2.00. The van der Waals surface area contributed by atoms with E-state index in [1.54, 1.807) is 11.3 Å². The summed E-state index contributed by atoms with van der Waals surface area (Å²) in [7, 11) is 0. The Bertz CT molecular complexity index is 382. The van der Waals surface area contributed by atoms with Gasteiger partial charge < -0.3 is 0 Å². The first-order chi connectivity index (χ1) is 6.20. The smallest absolute Gasteiger partial charge is 0.212 e. The Labute approximate surface area is 81.4 Å². The van der Waals surface area contributed by atoms with Gasteiger partial charge in [-0.05, 0) is 12.3 Å². The molecule has 4 heteroatoms. The molecule has 0 aliphatic carbocycles. The molecule has 0 amide bonds. The molecule has 2 aromatic rings. The summed E-state index contributed by atoms with van der Waals surface area (Å²) in [6, 6.07) is 0. The van der Waals surface area contributed by atoms with Crippen molar-refractivity contribution in [3.05, 3.63) is 16.9 Å². The van der Waals surface area contributed by atoms with Crippen molar-refractivity contribution in [3.63, 3.8) is 0 Å². The molecule has 0 bridgehead atoms. The van der Waals surface area contributed by atoms with E-state index in [9.17, 15) is 0 Å². The van der Waals surface area contributed by atoms with E-state index in [2.05, 4.69) is 30.9 Å². The molecule has 0 saturated carbocycles. The second-order valence-electron chi connectivity index (χ2n) is 3.40. The van der Waals surface area contributed by atoms with Gasteiger partial charge in [0, 0.05) is 0 Å². The molecular weight excluding hydrogens is 182 g/mol. The molecule has 0 fully saturated rings. The molecule has 0 saturated heterocycles. The summed E-state index contributed by atoms with van der Waals surface area (Å²) in [6.45, 7) is 6.40. The van der Waals surface area contributed by atoms with Gasteiger partial charge in [-0.3, -0.25) is 0 Å². The average molecular weight is 195 g/mol. The summed E-state index contributed by atoms with van der Waals surface area (Å²) in [5, 5.41) is 5.56. The summed E-state index contributed by atoms with van der Waals surface area (Å²) in [5.41, 5.74) is 1.13. The lowest BCUT2D eigenvalue weighted by atomic mass is 10.2. The zero-order chi connectivity index (χ0) is 9.42. The molecule has 2 heterocycles. The van der Waals surface area contributed by atoms with Crippen molar-refractivity contribution in [1.82, 2.24) is 14.6 Å². The maximum absolute atomic E-state index is 4.50. The highest BCUT2D eigenvalue weighted by molar-refractivity contribution is 7.16. The summed E-state index contributed by atoms with van der Waals surface area (Å²) in [6.07, 6.45) is 3.01. The Morgan fingerprint density at radius 2 is 2.31 bits per heavy atom. The number of rotatable bonds is 2. The lowest BCUT2D eigenvalue weighted by Crippen LogP contribution is -1.87. The van der Waals surface area contributed by atoms with E-state index in [0.717, 1.165) is 22.1 Å². The Balaban J connectivity index is 2.48. The van der Waals surface area contributed by atoms with Crippen LogP contribution >= 0.6 is 11.3 Å². The molecule has 2 rings (SSSR count). The van der Waals surface area contributed by atoms with Crippen LogP contribution in [0.15, 0.2) is 6.20 Å². The first-order valence-corrected chi connectivity index (χ1v) is 5.37. The third kappa shape index (κ3) is 1.46. The molecule has 70 valence electrons. The van der Waals surface area contributed by atoms with Gasteiger partial charge in [0.2, 0.25) is 4.96 Å². The average Bonchev–Trinajstić information content (AvgIpc) is 2.58. The van der Waals surface area contributed by atoms with Crippen LogP contribution in [0.2, 0.25) is 0 Å². The largest absolute Gasteiger partial charge is 0.222 e. The topological polar surface area (TPSA) is 30.2 Å². The maximum atomic E-state index is 4.50. The second-order valence-corrected chi connectivity index (χ2v) is 4.44. The van der Waals surface area contributed by atoms with Gasteiger partial charge in [-0.25, -0.2) is 9.50 Å². The molecule has 0 aliphatic rings. The molecule has 0 atom stereocenters. The minimum absolute atomic E-state index is 0.485. The Hall–Kier alpha value is -0.900. The van der Waals surface area contributed by atoms with E-state index >= 15 is 0 Å². The third-order valence-corrected chi connectivity index (χ3v) is 3.06. The first kappa shape index (κ1) is 8.69. The van der Waals surface area contributed by atoms with Gasteiger partial charge in [0.05, 0.1) is 11.9 Å². The lowest BCUT2D eigenvalue weighted by molar-refractivity contribution is 0.826. The number of aromatic nitrogens is 3. The van der Waals surface area contributed by atoms with Crippen LogP contribution < -0.4 is 0 Å². The molecule has 0 N–H and O–H groups in total. The summed E-state index contributed by atoms with van der Waals surface area (Å²) in [4.78, 5) is 5.51. The highest BCUT2D eigenvalue weighted by Crippen LogP contribution is 2.19. The summed E-state index contributed by atoms with van der Waals surface area (Å²) < 4.78 is 1.89. The van der Waals surface area contributed by atoms with Crippen LogP contribution in [0.1, 0.15) is 37.4 Å². The van der Waals surface area contributed by atoms with Crippen LogP contribution in [0, 0.1) is 0 Å². The summed E-state index contributed by atoms with van der Waals surface area (Å²) >= 11 is 1.68. The predicted octanol–water partition coefficient (Wildman–Crippen LogP) is 2.48. The number of imidazole rings is 1. The standard InChI is InChI=1S/C9H13N3S/c1-4-8-11-12-5-7(6(2)3)10-9(12)13-8/h5-6H,4H2,1-3H3. The minimum atomic E-state index is 0.485. The molecule has 13 heavy (non-hydrogen) atoms. The van der Waals surface area contributed by atoms with Crippen LogP contribution in [0.25, 0.3) is 4.96 Å². The van der Waals surface area contributed by atoms with E-state index < -0.39 is 0 Å². The van der Waals surface area contributed by atoms with Crippen LogP contribution in [-0.4, -0.2) is 14.6 Å². The van der Waals surface area contributed by atoms with E-state index in [0.29, 0.717) is 5.92 Å². The van der Waals surface area contributed by atoms with Crippen molar-refractivity contribution in [2.24, 2.45) is 0 Å². The number of hydrogen-bond donors (Lipinski definition) is 0. The SMILES string of the molecule is CCc1nn2cc(C(C)C)nc2s1.